The fourth-order valence-corrected chi connectivity index (χ4v) is 3.36. The maximum atomic E-state index is 12.2. The normalized spacial score (nSPS) is 16.6. The van der Waals surface area contributed by atoms with Crippen molar-refractivity contribution in [1.82, 2.24) is 5.32 Å². The van der Waals surface area contributed by atoms with Gasteiger partial charge < -0.3 is 5.32 Å². The Balaban J connectivity index is 1.72. The number of amides is 1. The van der Waals surface area contributed by atoms with E-state index in [1.807, 2.05) is 35.7 Å². The maximum absolute atomic E-state index is 12.2. The molecule has 98 valence electrons. The Morgan fingerprint density at radius 1 is 1.16 bits per heavy atom. The second kappa shape index (κ2) is 5.17. The minimum Gasteiger partial charge on any atom is -0.346 e. The number of thiophene rings is 1. The first-order valence-corrected chi connectivity index (χ1v) is 7.55. The highest BCUT2D eigenvalue weighted by atomic mass is 32.1. The van der Waals surface area contributed by atoms with Crippen LogP contribution in [0, 0.1) is 0 Å². The Hall–Kier alpha value is -1.61. The van der Waals surface area contributed by atoms with Gasteiger partial charge >= 0.3 is 0 Å². The Morgan fingerprint density at radius 2 is 1.95 bits per heavy atom. The topological polar surface area (TPSA) is 29.1 Å². The molecule has 1 N–H and O–H groups in total. The van der Waals surface area contributed by atoms with Crippen molar-refractivity contribution in [3.8, 4) is 0 Å². The lowest BCUT2D eigenvalue weighted by molar-refractivity contribution is -0.123. The van der Waals surface area contributed by atoms with Gasteiger partial charge in [0.15, 0.2) is 0 Å². The molecule has 1 saturated carbocycles. The molecule has 0 unspecified atom stereocenters. The molecule has 2 nitrogen and oxygen atoms in total. The van der Waals surface area contributed by atoms with E-state index in [0.29, 0.717) is 6.42 Å². The molecule has 19 heavy (non-hydrogen) atoms. The second-order valence-electron chi connectivity index (χ2n) is 5.11. The summed E-state index contributed by atoms with van der Waals surface area (Å²) in [5, 5.41) is 5.26. The van der Waals surface area contributed by atoms with Crippen LogP contribution in [0.5, 0.6) is 0 Å². The molecule has 0 saturated heterocycles. The van der Waals surface area contributed by atoms with E-state index < -0.39 is 0 Å². The summed E-state index contributed by atoms with van der Waals surface area (Å²) in [5.74, 6) is 0.131. The van der Waals surface area contributed by atoms with Gasteiger partial charge in [0.05, 0.1) is 12.0 Å². The first-order chi connectivity index (χ1) is 9.28. The quantitative estimate of drug-likeness (QED) is 0.906. The molecule has 3 rings (SSSR count). The summed E-state index contributed by atoms with van der Waals surface area (Å²) in [5.41, 5.74) is 1.12. The van der Waals surface area contributed by atoms with E-state index in [0.717, 1.165) is 17.7 Å². The zero-order valence-electron chi connectivity index (χ0n) is 10.8. The fourth-order valence-electron chi connectivity index (χ4n) is 2.66. The minimum absolute atomic E-state index is 0.115. The monoisotopic (exact) mass is 271 g/mol. The Labute approximate surface area is 117 Å². The summed E-state index contributed by atoms with van der Waals surface area (Å²) >= 11 is 1.64. The highest BCUT2D eigenvalue weighted by Gasteiger charge is 2.39. The molecule has 0 spiro atoms. The molecule has 1 fully saturated rings. The van der Waals surface area contributed by atoms with Gasteiger partial charge in [0.25, 0.3) is 0 Å². The number of benzene rings is 1. The van der Waals surface area contributed by atoms with Gasteiger partial charge in [-0.3, -0.25) is 4.79 Å². The second-order valence-corrected chi connectivity index (χ2v) is 6.14. The van der Waals surface area contributed by atoms with Gasteiger partial charge in [0, 0.05) is 4.88 Å². The van der Waals surface area contributed by atoms with E-state index in [4.69, 9.17) is 0 Å². The SMILES string of the molecule is O=C(Cc1cccs1)NC1(c2ccccc2)CCC1. The van der Waals surface area contributed by atoms with Gasteiger partial charge in [-0.2, -0.15) is 0 Å². The van der Waals surface area contributed by atoms with E-state index in [9.17, 15) is 4.79 Å². The summed E-state index contributed by atoms with van der Waals surface area (Å²) in [6.07, 6.45) is 3.78. The largest absolute Gasteiger partial charge is 0.346 e. The molecule has 0 atom stereocenters. The van der Waals surface area contributed by atoms with E-state index in [1.54, 1.807) is 11.3 Å². The van der Waals surface area contributed by atoms with Gasteiger partial charge in [-0.05, 0) is 36.3 Å². The van der Waals surface area contributed by atoms with Crippen molar-refractivity contribution in [3.05, 3.63) is 58.3 Å². The van der Waals surface area contributed by atoms with Crippen LogP contribution in [0.1, 0.15) is 29.7 Å². The first kappa shape index (κ1) is 12.4. The van der Waals surface area contributed by atoms with Crippen molar-refractivity contribution in [1.29, 1.82) is 0 Å². The van der Waals surface area contributed by atoms with Crippen molar-refractivity contribution in [2.45, 2.75) is 31.2 Å². The predicted octanol–water partition coefficient (Wildman–Crippen LogP) is 3.49. The summed E-state index contributed by atoms with van der Waals surface area (Å²) in [6.45, 7) is 0. The van der Waals surface area contributed by atoms with Crippen LogP contribution >= 0.6 is 11.3 Å². The highest BCUT2D eigenvalue weighted by Crippen LogP contribution is 2.41. The van der Waals surface area contributed by atoms with Crippen LogP contribution in [0.15, 0.2) is 47.8 Å². The van der Waals surface area contributed by atoms with E-state index in [1.165, 1.54) is 12.0 Å². The Bertz CT molecular complexity index is 543. The average molecular weight is 271 g/mol. The van der Waals surface area contributed by atoms with Gasteiger partial charge in [-0.25, -0.2) is 0 Å². The van der Waals surface area contributed by atoms with Crippen LogP contribution in [0.25, 0.3) is 0 Å². The van der Waals surface area contributed by atoms with Gasteiger partial charge in [0.1, 0.15) is 0 Å². The zero-order chi connectivity index (χ0) is 13.1. The van der Waals surface area contributed by atoms with Crippen molar-refractivity contribution >= 4 is 17.2 Å². The molecule has 2 aromatic rings. The van der Waals surface area contributed by atoms with Crippen LogP contribution in [-0.2, 0) is 16.8 Å². The number of hydrogen-bond acceptors (Lipinski definition) is 2. The molecular formula is C16H17NOS. The number of hydrogen-bond donors (Lipinski definition) is 1. The van der Waals surface area contributed by atoms with E-state index in [-0.39, 0.29) is 11.4 Å². The third kappa shape index (κ3) is 2.56. The van der Waals surface area contributed by atoms with Crippen LogP contribution in [0.3, 0.4) is 0 Å². The zero-order valence-corrected chi connectivity index (χ0v) is 11.6. The van der Waals surface area contributed by atoms with Gasteiger partial charge in [-0.1, -0.05) is 36.4 Å². The third-order valence-corrected chi connectivity index (χ3v) is 4.70. The van der Waals surface area contributed by atoms with Gasteiger partial charge in [-0.15, -0.1) is 11.3 Å². The lowest BCUT2D eigenvalue weighted by Gasteiger charge is -2.43. The molecule has 1 amide bonds. The van der Waals surface area contributed by atoms with Crippen LogP contribution in [-0.4, -0.2) is 5.91 Å². The maximum Gasteiger partial charge on any atom is 0.225 e. The van der Waals surface area contributed by atoms with Crippen molar-refractivity contribution in [2.75, 3.05) is 0 Å². The Morgan fingerprint density at radius 3 is 2.53 bits per heavy atom. The number of rotatable bonds is 4. The first-order valence-electron chi connectivity index (χ1n) is 6.67. The van der Waals surface area contributed by atoms with Crippen molar-refractivity contribution in [2.24, 2.45) is 0 Å². The summed E-state index contributed by atoms with van der Waals surface area (Å²) in [4.78, 5) is 13.3. The molecular weight excluding hydrogens is 254 g/mol. The lowest BCUT2D eigenvalue weighted by atomic mass is 9.71. The summed E-state index contributed by atoms with van der Waals surface area (Å²) in [6, 6.07) is 14.3. The molecule has 0 radical (unpaired) electrons. The van der Waals surface area contributed by atoms with Gasteiger partial charge in [0.2, 0.25) is 5.91 Å². The van der Waals surface area contributed by atoms with E-state index in [2.05, 4.69) is 17.4 Å². The molecule has 1 aromatic carbocycles. The van der Waals surface area contributed by atoms with Crippen molar-refractivity contribution < 1.29 is 4.79 Å². The fraction of sp³-hybridized carbons (Fsp3) is 0.312. The molecule has 1 aliphatic rings. The molecule has 1 aliphatic carbocycles. The molecule has 3 heteroatoms. The van der Waals surface area contributed by atoms with Crippen LogP contribution in [0.4, 0.5) is 0 Å². The number of carbonyl (C=O) groups is 1. The summed E-state index contributed by atoms with van der Waals surface area (Å²) < 4.78 is 0. The smallest absolute Gasteiger partial charge is 0.225 e. The van der Waals surface area contributed by atoms with E-state index >= 15 is 0 Å². The minimum atomic E-state index is -0.115. The third-order valence-electron chi connectivity index (χ3n) is 3.83. The summed E-state index contributed by atoms with van der Waals surface area (Å²) in [7, 11) is 0. The number of carbonyl (C=O) groups excluding carboxylic acids is 1. The average Bonchev–Trinajstić information content (AvgIpc) is 2.88. The lowest BCUT2D eigenvalue weighted by Crippen LogP contribution is -2.51. The molecule has 1 aromatic heterocycles. The highest BCUT2D eigenvalue weighted by molar-refractivity contribution is 7.10. The van der Waals surface area contributed by atoms with Crippen LogP contribution in [0.2, 0.25) is 0 Å². The molecule has 0 bridgehead atoms. The molecule has 1 heterocycles. The molecule has 0 aliphatic heterocycles. The Kier molecular flexibility index (Phi) is 3.38. The van der Waals surface area contributed by atoms with Crippen molar-refractivity contribution in [3.63, 3.8) is 0 Å². The van der Waals surface area contributed by atoms with Crippen LogP contribution < -0.4 is 5.32 Å². The standard InChI is InChI=1S/C16H17NOS/c18-15(12-14-8-4-11-19-14)17-16(9-5-10-16)13-6-2-1-3-7-13/h1-4,6-8,11H,5,9-10,12H2,(H,17,18). The predicted molar refractivity (Wildman–Crippen MR) is 78.1 cm³/mol. The number of nitrogens with one attached hydrogen (secondary N) is 1.